The second-order valence-electron chi connectivity index (χ2n) is 6.31. The Bertz CT molecular complexity index is 207. The van der Waals surface area contributed by atoms with Crippen LogP contribution < -0.4 is 5.32 Å². The van der Waals surface area contributed by atoms with Crippen LogP contribution in [0, 0.1) is 11.8 Å². The van der Waals surface area contributed by atoms with Crippen molar-refractivity contribution in [3.63, 3.8) is 0 Å². The van der Waals surface area contributed by atoms with Crippen LogP contribution in [0.4, 0.5) is 0 Å². The number of piperidine rings is 1. The summed E-state index contributed by atoms with van der Waals surface area (Å²) in [6.45, 7) is 7.28. The quantitative estimate of drug-likeness (QED) is 0.792. The Hall–Kier alpha value is -0.0800. The fourth-order valence-corrected chi connectivity index (χ4v) is 3.40. The lowest BCUT2D eigenvalue weighted by Crippen LogP contribution is -2.51. The number of nitrogens with zero attached hydrogens (tertiary/aromatic N) is 1. The first-order chi connectivity index (χ1) is 7.65. The Morgan fingerprint density at radius 3 is 2.38 bits per heavy atom. The van der Waals surface area contributed by atoms with Gasteiger partial charge in [-0.3, -0.25) is 0 Å². The van der Waals surface area contributed by atoms with E-state index in [1.165, 1.54) is 45.2 Å². The number of likely N-dealkylation sites (tertiary alicyclic amines) is 1. The lowest BCUT2D eigenvalue weighted by atomic mass is 9.85. The highest BCUT2D eigenvalue weighted by Crippen LogP contribution is 2.25. The maximum Gasteiger partial charge on any atom is 0.0200 e. The summed E-state index contributed by atoms with van der Waals surface area (Å²) in [5, 5.41) is 3.89. The first kappa shape index (κ1) is 12.4. The predicted molar refractivity (Wildman–Crippen MR) is 69.6 cm³/mol. The van der Waals surface area contributed by atoms with Gasteiger partial charge in [0.1, 0.15) is 0 Å². The zero-order valence-corrected chi connectivity index (χ0v) is 11.2. The molecule has 1 saturated heterocycles. The molecule has 1 heterocycles. The second-order valence-corrected chi connectivity index (χ2v) is 6.31. The highest BCUT2D eigenvalue weighted by atomic mass is 15.1. The van der Waals surface area contributed by atoms with Crippen LogP contribution in [0.25, 0.3) is 0 Å². The van der Waals surface area contributed by atoms with Gasteiger partial charge in [-0.2, -0.15) is 0 Å². The summed E-state index contributed by atoms with van der Waals surface area (Å²) in [7, 11) is 2.28. The molecule has 0 aromatic heterocycles. The molecule has 2 atom stereocenters. The first-order valence-corrected chi connectivity index (χ1v) is 7.09. The van der Waals surface area contributed by atoms with E-state index in [4.69, 9.17) is 0 Å². The van der Waals surface area contributed by atoms with E-state index in [2.05, 4.69) is 31.1 Å². The van der Waals surface area contributed by atoms with Gasteiger partial charge in [0, 0.05) is 25.2 Å². The van der Waals surface area contributed by atoms with E-state index >= 15 is 0 Å². The molecular weight excluding hydrogens is 196 g/mol. The SMILES string of the molecule is CC(C)C1CC(NC2CCCC2)CN(C)C1. The minimum absolute atomic E-state index is 0.745. The molecule has 1 N–H and O–H groups in total. The van der Waals surface area contributed by atoms with Crippen LogP contribution >= 0.6 is 0 Å². The summed E-state index contributed by atoms with van der Waals surface area (Å²) in [5.74, 6) is 1.72. The van der Waals surface area contributed by atoms with Crippen LogP contribution in [-0.4, -0.2) is 37.1 Å². The molecule has 2 fully saturated rings. The van der Waals surface area contributed by atoms with Crippen LogP contribution in [-0.2, 0) is 0 Å². The molecular formula is C14H28N2. The van der Waals surface area contributed by atoms with Gasteiger partial charge in [0.05, 0.1) is 0 Å². The third-order valence-electron chi connectivity index (χ3n) is 4.43. The molecule has 2 aliphatic rings. The van der Waals surface area contributed by atoms with Crippen molar-refractivity contribution in [2.75, 3.05) is 20.1 Å². The summed E-state index contributed by atoms with van der Waals surface area (Å²) < 4.78 is 0. The Morgan fingerprint density at radius 2 is 1.75 bits per heavy atom. The van der Waals surface area contributed by atoms with E-state index < -0.39 is 0 Å². The maximum atomic E-state index is 3.89. The van der Waals surface area contributed by atoms with Crippen molar-refractivity contribution >= 4 is 0 Å². The first-order valence-electron chi connectivity index (χ1n) is 7.09. The molecule has 1 aliphatic heterocycles. The van der Waals surface area contributed by atoms with Gasteiger partial charge < -0.3 is 10.2 Å². The Kier molecular flexibility index (Phi) is 4.26. The maximum absolute atomic E-state index is 3.89. The van der Waals surface area contributed by atoms with Crippen molar-refractivity contribution in [2.45, 2.75) is 58.0 Å². The van der Waals surface area contributed by atoms with Gasteiger partial charge in [-0.25, -0.2) is 0 Å². The van der Waals surface area contributed by atoms with Gasteiger partial charge in [0.2, 0.25) is 0 Å². The smallest absolute Gasteiger partial charge is 0.0200 e. The molecule has 1 saturated carbocycles. The molecule has 0 amide bonds. The highest BCUT2D eigenvalue weighted by Gasteiger charge is 2.29. The van der Waals surface area contributed by atoms with Crippen molar-refractivity contribution in [1.82, 2.24) is 10.2 Å². The molecule has 1 aliphatic carbocycles. The van der Waals surface area contributed by atoms with Gasteiger partial charge in [0.25, 0.3) is 0 Å². The van der Waals surface area contributed by atoms with Gasteiger partial charge in [-0.15, -0.1) is 0 Å². The summed E-state index contributed by atoms with van der Waals surface area (Å²) in [6, 6.07) is 1.57. The predicted octanol–water partition coefficient (Wildman–Crippen LogP) is 2.49. The van der Waals surface area contributed by atoms with Crippen molar-refractivity contribution < 1.29 is 0 Å². The van der Waals surface area contributed by atoms with Crippen molar-refractivity contribution in [2.24, 2.45) is 11.8 Å². The van der Waals surface area contributed by atoms with Crippen LogP contribution in [0.5, 0.6) is 0 Å². The lowest BCUT2D eigenvalue weighted by Gasteiger charge is -2.39. The van der Waals surface area contributed by atoms with E-state index in [1.54, 1.807) is 0 Å². The Labute approximate surface area is 101 Å². The molecule has 2 unspecified atom stereocenters. The number of nitrogens with one attached hydrogen (secondary N) is 1. The Morgan fingerprint density at radius 1 is 1.06 bits per heavy atom. The lowest BCUT2D eigenvalue weighted by molar-refractivity contribution is 0.133. The summed E-state index contributed by atoms with van der Waals surface area (Å²) >= 11 is 0. The molecule has 2 rings (SSSR count). The number of likely N-dealkylation sites (N-methyl/N-ethyl adjacent to an activating group) is 1. The monoisotopic (exact) mass is 224 g/mol. The molecule has 0 aromatic rings. The van der Waals surface area contributed by atoms with Crippen molar-refractivity contribution in [1.29, 1.82) is 0 Å². The number of rotatable bonds is 3. The topological polar surface area (TPSA) is 15.3 Å². The van der Waals surface area contributed by atoms with Gasteiger partial charge in [-0.05, 0) is 38.1 Å². The largest absolute Gasteiger partial charge is 0.310 e. The molecule has 2 heteroatoms. The second kappa shape index (κ2) is 5.50. The van der Waals surface area contributed by atoms with E-state index in [0.717, 1.165) is 23.9 Å². The van der Waals surface area contributed by atoms with Gasteiger partial charge >= 0.3 is 0 Å². The average Bonchev–Trinajstić information content (AvgIpc) is 2.69. The Balaban J connectivity index is 1.83. The molecule has 16 heavy (non-hydrogen) atoms. The standard InChI is InChI=1S/C14H28N2/c1-11(2)12-8-14(10-16(3)9-12)15-13-6-4-5-7-13/h11-15H,4-10H2,1-3H3. The van der Waals surface area contributed by atoms with Crippen LogP contribution in [0.15, 0.2) is 0 Å². The highest BCUT2D eigenvalue weighted by molar-refractivity contribution is 4.87. The summed E-state index contributed by atoms with van der Waals surface area (Å²) in [4.78, 5) is 2.51. The molecule has 0 spiro atoms. The van der Waals surface area contributed by atoms with Crippen molar-refractivity contribution in [3.8, 4) is 0 Å². The molecule has 2 nitrogen and oxygen atoms in total. The van der Waals surface area contributed by atoms with Crippen LogP contribution in [0.3, 0.4) is 0 Å². The normalized spacial score (nSPS) is 33.8. The summed E-state index contributed by atoms with van der Waals surface area (Å²) in [5.41, 5.74) is 0. The fourth-order valence-electron chi connectivity index (χ4n) is 3.40. The van der Waals surface area contributed by atoms with Gasteiger partial charge in [-0.1, -0.05) is 26.7 Å². The number of hydrogen-bond donors (Lipinski definition) is 1. The van der Waals surface area contributed by atoms with E-state index in [0.29, 0.717) is 0 Å². The zero-order chi connectivity index (χ0) is 11.5. The minimum Gasteiger partial charge on any atom is -0.310 e. The zero-order valence-electron chi connectivity index (χ0n) is 11.2. The number of hydrogen-bond acceptors (Lipinski definition) is 2. The van der Waals surface area contributed by atoms with E-state index in [-0.39, 0.29) is 0 Å². The van der Waals surface area contributed by atoms with E-state index in [1.807, 2.05) is 0 Å². The van der Waals surface area contributed by atoms with Crippen LogP contribution in [0.2, 0.25) is 0 Å². The van der Waals surface area contributed by atoms with E-state index in [9.17, 15) is 0 Å². The minimum atomic E-state index is 0.745. The van der Waals surface area contributed by atoms with Gasteiger partial charge in [0.15, 0.2) is 0 Å². The van der Waals surface area contributed by atoms with Crippen LogP contribution in [0.1, 0.15) is 46.0 Å². The fraction of sp³-hybridized carbons (Fsp3) is 1.00. The van der Waals surface area contributed by atoms with Crippen molar-refractivity contribution in [3.05, 3.63) is 0 Å². The molecule has 94 valence electrons. The average molecular weight is 224 g/mol. The summed E-state index contributed by atoms with van der Waals surface area (Å²) in [6.07, 6.45) is 7.08. The molecule has 0 aromatic carbocycles. The third-order valence-corrected chi connectivity index (χ3v) is 4.43. The molecule has 0 radical (unpaired) electrons. The molecule has 0 bridgehead atoms. The third kappa shape index (κ3) is 3.21.